The van der Waals surface area contributed by atoms with Crippen LogP contribution in [0.5, 0.6) is 0 Å². The van der Waals surface area contributed by atoms with Crippen molar-refractivity contribution >= 4 is 17.5 Å². The zero-order valence-electron chi connectivity index (χ0n) is 13.1. The van der Waals surface area contributed by atoms with Crippen LogP contribution in [0, 0.1) is 5.92 Å². The number of hydrogen-bond donors (Lipinski definition) is 1. The van der Waals surface area contributed by atoms with Crippen LogP contribution in [0.25, 0.3) is 0 Å². The zero-order valence-corrected chi connectivity index (χ0v) is 13.1. The number of nitrogens with zero attached hydrogens (tertiary/aromatic N) is 3. The third-order valence-corrected chi connectivity index (χ3v) is 3.98. The standard InChI is InChI=1S/C15H24N4O2/c1-4-19-13(15(21)18(2)3)12(10-16-19)17-14(20)11-8-6-5-7-9-11/h10-11H,4-9H2,1-3H3,(H,17,20). The molecule has 6 heteroatoms. The van der Waals surface area contributed by atoms with Crippen LogP contribution in [0.2, 0.25) is 0 Å². The number of aryl methyl sites for hydroxylation is 1. The van der Waals surface area contributed by atoms with E-state index >= 15 is 0 Å². The average molecular weight is 292 g/mol. The third-order valence-electron chi connectivity index (χ3n) is 3.98. The summed E-state index contributed by atoms with van der Waals surface area (Å²) in [5.41, 5.74) is 0.970. The topological polar surface area (TPSA) is 67.2 Å². The SMILES string of the molecule is CCn1ncc(NC(=O)C2CCCCC2)c1C(=O)N(C)C. The van der Waals surface area contributed by atoms with E-state index < -0.39 is 0 Å². The molecular weight excluding hydrogens is 268 g/mol. The maximum atomic E-state index is 12.3. The molecule has 116 valence electrons. The molecule has 6 nitrogen and oxygen atoms in total. The van der Waals surface area contributed by atoms with Crippen molar-refractivity contribution in [1.82, 2.24) is 14.7 Å². The van der Waals surface area contributed by atoms with Gasteiger partial charge in [0.05, 0.1) is 11.9 Å². The summed E-state index contributed by atoms with van der Waals surface area (Å²) in [5.74, 6) is -0.0718. The van der Waals surface area contributed by atoms with Crippen molar-refractivity contribution in [2.24, 2.45) is 5.92 Å². The number of carbonyl (C=O) groups excluding carboxylic acids is 2. The third kappa shape index (κ3) is 3.43. The van der Waals surface area contributed by atoms with Crippen LogP contribution in [-0.2, 0) is 11.3 Å². The quantitative estimate of drug-likeness (QED) is 0.924. The van der Waals surface area contributed by atoms with Gasteiger partial charge in [-0.3, -0.25) is 14.3 Å². The molecule has 0 aromatic carbocycles. The number of aromatic nitrogens is 2. The fraction of sp³-hybridized carbons (Fsp3) is 0.667. The minimum absolute atomic E-state index is 0.0122. The van der Waals surface area contributed by atoms with E-state index in [-0.39, 0.29) is 17.7 Å². The van der Waals surface area contributed by atoms with Crippen LogP contribution in [-0.4, -0.2) is 40.6 Å². The number of rotatable bonds is 4. The molecular formula is C15H24N4O2. The first-order valence-corrected chi connectivity index (χ1v) is 7.63. The number of nitrogens with one attached hydrogen (secondary N) is 1. The van der Waals surface area contributed by atoms with Gasteiger partial charge >= 0.3 is 0 Å². The predicted molar refractivity (Wildman–Crippen MR) is 81.1 cm³/mol. The highest BCUT2D eigenvalue weighted by Gasteiger charge is 2.25. The zero-order chi connectivity index (χ0) is 15.4. The van der Waals surface area contributed by atoms with Gasteiger partial charge < -0.3 is 10.2 Å². The van der Waals surface area contributed by atoms with Gasteiger partial charge in [0.15, 0.2) is 0 Å². The summed E-state index contributed by atoms with van der Waals surface area (Å²) >= 11 is 0. The van der Waals surface area contributed by atoms with E-state index in [0.29, 0.717) is 17.9 Å². The first-order valence-electron chi connectivity index (χ1n) is 7.63. The minimum atomic E-state index is -0.145. The molecule has 0 bridgehead atoms. The summed E-state index contributed by atoms with van der Waals surface area (Å²) < 4.78 is 1.62. The molecule has 1 saturated carbocycles. The number of hydrogen-bond acceptors (Lipinski definition) is 3. The molecule has 0 spiro atoms. The predicted octanol–water partition coefficient (Wildman–Crippen LogP) is 2.12. The highest BCUT2D eigenvalue weighted by Crippen LogP contribution is 2.26. The summed E-state index contributed by atoms with van der Waals surface area (Å²) in [6, 6.07) is 0. The monoisotopic (exact) mass is 292 g/mol. The summed E-state index contributed by atoms with van der Waals surface area (Å²) in [7, 11) is 3.39. The average Bonchev–Trinajstić information content (AvgIpc) is 2.89. The molecule has 0 unspecified atom stereocenters. The van der Waals surface area contributed by atoms with Crippen LogP contribution < -0.4 is 5.32 Å². The van der Waals surface area contributed by atoms with E-state index in [0.717, 1.165) is 25.7 Å². The lowest BCUT2D eigenvalue weighted by Crippen LogP contribution is -2.28. The fourth-order valence-corrected chi connectivity index (χ4v) is 2.75. The molecule has 2 rings (SSSR count). The van der Waals surface area contributed by atoms with E-state index in [1.165, 1.54) is 11.3 Å². The summed E-state index contributed by atoms with van der Waals surface area (Å²) in [5, 5.41) is 7.09. The Hall–Kier alpha value is -1.85. The van der Waals surface area contributed by atoms with Crippen LogP contribution in [0.3, 0.4) is 0 Å². The van der Waals surface area contributed by atoms with Crippen molar-refractivity contribution in [2.45, 2.75) is 45.6 Å². The van der Waals surface area contributed by atoms with Crippen LogP contribution in [0.1, 0.15) is 49.5 Å². The second-order valence-corrected chi connectivity index (χ2v) is 5.75. The largest absolute Gasteiger partial charge is 0.343 e. The molecule has 2 amide bonds. The second kappa shape index (κ2) is 6.74. The van der Waals surface area contributed by atoms with Crippen molar-refractivity contribution in [3.63, 3.8) is 0 Å². The molecule has 1 aromatic heterocycles. The Kier molecular flexibility index (Phi) is 4.98. The molecule has 0 saturated heterocycles. The van der Waals surface area contributed by atoms with Gasteiger partial charge in [0.1, 0.15) is 5.69 Å². The van der Waals surface area contributed by atoms with E-state index in [9.17, 15) is 9.59 Å². The summed E-state index contributed by atoms with van der Waals surface area (Å²) in [6.45, 7) is 2.51. The van der Waals surface area contributed by atoms with Crippen molar-refractivity contribution in [3.8, 4) is 0 Å². The Morgan fingerprint density at radius 2 is 2.00 bits per heavy atom. The summed E-state index contributed by atoms with van der Waals surface area (Å²) in [6.07, 6.45) is 6.86. The lowest BCUT2D eigenvalue weighted by Gasteiger charge is -2.21. The lowest BCUT2D eigenvalue weighted by molar-refractivity contribution is -0.120. The molecule has 21 heavy (non-hydrogen) atoms. The molecule has 1 aliphatic carbocycles. The normalized spacial score (nSPS) is 15.8. The van der Waals surface area contributed by atoms with E-state index in [1.807, 2.05) is 6.92 Å². The van der Waals surface area contributed by atoms with Crippen molar-refractivity contribution in [3.05, 3.63) is 11.9 Å². The van der Waals surface area contributed by atoms with Crippen molar-refractivity contribution in [1.29, 1.82) is 0 Å². The Morgan fingerprint density at radius 3 is 2.57 bits per heavy atom. The Labute approximate surface area is 125 Å². The van der Waals surface area contributed by atoms with E-state index in [4.69, 9.17) is 0 Å². The Morgan fingerprint density at radius 1 is 1.33 bits per heavy atom. The molecule has 1 fully saturated rings. The van der Waals surface area contributed by atoms with Gasteiger partial charge in [-0.2, -0.15) is 5.10 Å². The molecule has 1 aliphatic rings. The highest BCUT2D eigenvalue weighted by atomic mass is 16.2. The smallest absolute Gasteiger partial charge is 0.273 e. The maximum Gasteiger partial charge on any atom is 0.273 e. The molecule has 0 aliphatic heterocycles. The van der Waals surface area contributed by atoms with Crippen molar-refractivity contribution in [2.75, 3.05) is 19.4 Å². The molecule has 1 heterocycles. The first-order chi connectivity index (χ1) is 10.0. The lowest BCUT2D eigenvalue weighted by atomic mass is 9.88. The van der Waals surface area contributed by atoms with Gasteiger partial charge in [0.2, 0.25) is 5.91 Å². The fourth-order valence-electron chi connectivity index (χ4n) is 2.75. The molecule has 1 aromatic rings. The van der Waals surface area contributed by atoms with E-state index in [1.54, 1.807) is 25.0 Å². The van der Waals surface area contributed by atoms with Crippen LogP contribution in [0.4, 0.5) is 5.69 Å². The Bertz CT molecular complexity index is 516. The number of amides is 2. The minimum Gasteiger partial charge on any atom is -0.343 e. The number of anilines is 1. The highest BCUT2D eigenvalue weighted by molar-refractivity contribution is 6.02. The van der Waals surface area contributed by atoms with Gasteiger partial charge in [-0.15, -0.1) is 0 Å². The van der Waals surface area contributed by atoms with Crippen LogP contribution in [0.15, 0.2) is 6.20 Å². The number of carbonyl (C=O) groups is 2. The summed E-state index contributed by atoms with van der Waals surface area (Å²) in [4.78, 5) is 26.1. The van der Waals surface area contributed by atoms with Crippen molar-refractivity contribution < 1.29 is 9.59 Å². The van der Waals surface area contributed by atoms with Crippen LogP contribution >= 0.6 is 0 Å². The molecule has 1 N–H and O–H groups in total. The molecule has 0 atom stereocenters. The van der Waals surface area contributed by atoms with Gasteiger partial charge in [-0.05, 0) is 19.8 Å². The van der Waals surface area contributed by atoms with Gasteiger partial charge in [-0.1, -0.05) is 19.3 Å². The van der Waals surface area contributed by atoms with Gasteiger partial charge in [0, 0.05) is 26.6 Å². The second-order valence-electron chi connectivity index (χ2n) is 5.75. The van der Waals surface area contributed by atoms with Gasteiger partial charge in [0.25, 0.3) is 5.91 Å². The molecule has 0 radical (unpaired) electrons. The maximum absolute atomic E-state index is 12.3. The first kappa shape index (κ1) is 15.5. The van der Waals surface area contributed by atoms with Gasteiger partial charge in [-0.25, -0.2) is 0 Å². The van der Waals surface area contributed by atoms with E-state index in [2.05, 4.69) is 10.4 Å². The Balaban J connectivity index is 2.17.